The van der Waals surface area contributed by atoms with Crippen molar-refractivity contribution in [3.8, 4) is 0 Å². The smallest absolute Gasteiger partial charge is 0.255 e. The van der Waals surface area contributed by atoms with Crippen LogP contribution in [0, 0.1) is 11.8 Å². The van der Waals surface area contributed by atoms with E-state index in [2.05, 4.69) is 37.2 Å². The van der Waals surface area contributed by atoms with Gasteiger partial charge in [0.1, 0.15) is 0 Å². The Morgan fingerprint density at radius 3 is 2.50 bits per heavy atom. The third-order valence-corrected chi connectivity index (χ3v) is 4.99. The Labute approximate surface area is 123 Å². The molecule has 0 unspecified atom stereocenters. The molecule has 1 aromatic carbocycles. The van der Waals surface area contributed by atoms with Crippen LogP contribution in [0.2, 0.25) is 0 Å². The first-order valence-electron chi connectivity index (χ1n) is 6.10. The molecule has 1 aromatic rings. The number of nitrogens with one attached hydrogen (secondary N) is 1. The van der Waals surface area contributed by atoms with Crippen LogP contribution in [-0.4, -0.2) is 37.0 Å². The van der Waals surface area contributed by atoms with Gasteiger partial charge in [0.05, 0.1) is 5.56 Å². The van der Waals surface area contributed by atoms with Crippen molar-refractivity contribution < 1.29 is 4.79 Å². The van der Waals surface area contributed by atoms with Gasteiger partial charge in [-0.1, -0.05) is 15.9 Å². The van der Waals surface area contributed by atoms with Gasteiger partial charge in [0.2, 0.25) is 0 Å². The van der Waals surface area contributed by atoms with Crippen molar-refractivity contribution >= 4 is 37.8 Å². The fourth-order valence-electron chi connectivity index (χ4n) is 2.85. The quantitative estimate of drug-likeness (QED) is 0.820. The third-order valence-electron chi connectivity index (χ3n) is 3.84. The molecule has 2 heterocycles. The van der Waals surface area contributed by atoms with Crippen LogP contribution in [0.15, 0.2) is 27.1 Å². The van der Waals surface area contributed by atoms with Gasteiger partial charge in [-0.05, 0) is 46.0 Å². The van der Waals surface area contributed by atoms with E-state index >= 15 is 0 Å². The largest absolute Gasteiger partial charge is 0.338 e. The number of likely N-dealkylation sites (tertiary alicyclic amines) is 1. The fourth-order valence-corrected chi connectivity index (χ4v) is 4.07. The van der Waals surface area contributed by atoms with Crippen molar-refractivity contribution in [2.24, 2.45) is 11.8 Å². The average molecular weight is 374 g/mol. The van der Waals surface area contributed by atoms with Gasteiger partial charge in [-0.15, -0.1) is 0 Å². The van der Waals surface area contributed by atoms with Gasteiger partial charge < -0.3 is 10.2 Å². The second-order valence-electron chi connectivity index (χ2n) is 5.01. The van der Waals surface area contributed by atoms with E-state index in [1.54, 1.807) is 0 Å². The summed E-state index contributed by atoms with van der Waals surface area (Å²) in [6, 6.07) is 5.71. The molecule has 0 bridgehead atoms. The summed E-state index contributed by atoms with van der Waals surface area (Å²) < 4.78 is 1.84. The number of rotatable bonds is 1. The first kappa shape index (κ1) is 12.6. The van der Waals surface area contributed by atoms with Gasteiger partial charge >= 0.3 is 0 Å². The maximum atomic E-state index is 12.5. The van der Waals surface area contributed by atoms with E-state index in [0.29, 0.717) is 11.8 Å². The molecule has 2 aliphatic heterocycles. The second-order valence-corrected chi connectivity index (χ2v) is 6.78. The lowest BCUT2D eigenvalue weighted by Crippen LogP contribution is -2.32. The van der Waals surface area contributed by atoms with Crippen molar-refractivity contribution in [1.29, 1.82) is 0 Å². The zero-order valence-corrected chi connectivity index (χ0v) is 13.0. The van der Waals surface area contributed by atoms with Crippen LogP contribution < -0.4 is 5.32 Å². The summed E-state index contributed by atoms with van der Waals surface area (Å²) in [7, 11) is 0. The maximum Gasteiger partial charge on any atom is 0.255 e. The highest BCUT2D eigenvalue weighted by Crippen LogP contribution is 2.29. The number of halogens is 2. The number of hydrogen-bond acceptors (Lipinski definition) is 2. The van der Waals surface area contributed by atoms with E-state index in [1.165, 1.54) is 0 Å². The molecule has 1 N–H and O–H groups in total. The minimum atomic E-state index is 0.142. The summed E-state index contributed by atoms with van der Waals surface area (Å²) in [5.74, 6) is 1.43. The van der Waals surface area contributed by atoms with Crippen molar-refractivity contribution in [3.63, 3.8) is 0 Å². The molecule has 2 fully saturated rings. The highest BCUT2D eigenvalue weighted by molar-refractivity contribution is 9.11. The van der Waals surface area contributed by atoms with Crippen LogP contribution in [-0.2, 0) is 0 Å². The van der Waals surface area contributed by atoms with E-state index < -0.39 is 0 Å². The second kappa shape index (κ2) is 4.94. The summed E-state index contributed by atoms with van der Waals surface area (Å²) in [4.78, 5) is 14.5. The minimum Gasteiger partial charge on any atom is -0.338 e. The van der Waals surface area contributed by atoms with Crippen LogP contribution in [0.4, 0.5) is 0 Å². The topological polar surface area (TPSA) is 32.3 Å². The van der Waals surface area contributed by atoms with Gasteiger partial charge in [-0.3, -0.25) is 4.79 Å². The Bertz CT molecular complexity index is 480. The molecule has 0 radical (unpaired) electrons. The minimum absolute atomic E-state index is 0.142. The molecule has 2 saturated heterocycles. The molecule has 18 heavy (non-hydrogen) atoms. The van der Waals surface area contributed by atoms with Crippen LogP contribution in [0.3, 0.4) is 0 Å². The van der Waals surface area contributed by atoms with Crippen molar-refractivity contribution in [1.82, 2.24) is 10.2 Å². The standard InChI is InChI=1S/C13H14Br2N2O/c14-10-1-2-11(12(15)3-10)13(18)17-6-8-4-16-5-9(8)7-17/h1-3,8-9,16H,4-7H2/t8-,9+. The first-order chi connectivity index (χ1) is 8.65. The SMILES string of the molecule is O=C(c1ccc(Br)cc1Br)N1C[C@H]2CNC[C@H]2C1. The number of hydrogen-bond donors (Lipinski definition) is 1. The summed E-state index contributed by atoms with van der Waals surface area (Å²) in [6.45, 7) is 3.88. The number of carbonyl (C=O) groups excluding carboxylic acids is 1. The van der Waals surface area contributed by atoms with Crippen LogP contribution in [0.5, 0.6) is 0 Å². The molecule has 5 heteroatoms. The average Bonchev–Trinajstić information content (AvgIpc) is 2.87. The Kier molecular flexibility index (Phi) is 3.47. The Hall–Kier alpha value is -0.390. The monoisotopic (exact) mass is 372 g/mol. The van der Waals surface area contributed by atoms with Crippen LogP contribution >= 0.6 is 31.9 Å². The van der Waals surface area contributed by atoms with Crippen molar-refractivity contribution in [2.45, 2.75) is 0 Å². The molecule has 0 spiro atoms. The van der Waals surface area contributed by atoms with Crippen LogP contribution in [0.25, 0.3) is 0 Å². The Morgan fingerprint density at radius 2 is 1.89 bits per heavy atom. The highest BCUT2D eigenvalue weighted by atomic mass is 79.9. The zero-order valence-electron chi connectivity index (χ0n) is 9.83. The van der Waals surface area contributed by atoms with E-state index in [1.807, 2.05) is 23.1 Å². The lowest BCUT2D eigenvalue weighted by atomic mass is 10.0. The summed E-state index contributed by atoms with van der Waals surface area (Å²) in [5.41, 5.74) is 0.756. The summed E-state index contributed by atoms with van der Waals surface area (Å²) >= 11 is 6.87. The Balaban J connectivity index is 1.79. The molecule has 2 atom stereocenters. The number of benzene rings is 1. The van der Waals surface area contributed by atoms with E-state index in [4.69, 9.17) is 0 Å². The van der Waals surface area contributed by atoms with E-state index in [0.717, 1.165) is 40.7 Å². The van der Waals surface area contributed by atoms with Crippen molar-refractivity contribution in [3.05, 3.63) is 32.7 Å². The van der Waals surface area contributed by atoms with Gasteiger partial charge in [0, 0.05) is 35.1 Å². The number of nitrogens with zero attached hydrogens (tertiary/aromatic N) is 1. The maximum absolute atomic E-state index is 12.5. The molecular formula is C13H14Br2N2O. The van der Waals surface area contributed by atoms with Crippen molar-refractivity contribution in [2.75, 3.05) is 26.2 Å². The molecule has 3 nitrogen and oxygen atoms in total. The van der Waals surface area contributed by atoms with Gasteiger partial charge in [-0.25, -0.2) is 0 Å². The summed E-state index contributed by atoms with van der Waals surface area (Å²) in [5, 5.41) is 3.39. The molecule has 2 aliphatic rings. The lowest BCUT2D eigenvalue weighted by Gasteiger charge is -2.18. The molecule has 0 aliphatic carbocycles. The molecule has 1 amide bonds. The predicted molar refractivity (Wildman–Crippen MR) is 77.6 cm³/mol. The van der Waals surface area contributed by atoms with Gasteiger partial charge in [-0.2, -0.15) is 0 Å². The van der Waals surface area contributed by atoms with Crippen LogP contribution in [0.1, 0.15) is 10.4 Å². The third kappa shape index (κ3) is 2.24. The normalized spacial score (nSPS) is 26.4. The molecule has 96 valence electrons. The Morgan fingerprint density at radius 1 is 1.22 bits per heavy atom. The fraction of sp³-hybridized carbons (Fsp3) is 0.462. The molecular weight excluding hydrogens is 360 g/mol. The molecule has 3 rings (SSSR count). The van der Waals surface area contributed by atoms with E-state index in [9.17, 15) is 4.79 Å². The number of fused-ring (bicyclic) bond motifs is 1. The molecule has 0 saturated carbocycles. The zero-order chi connectivity index (χ0) is 12.7. The van der Waals surface area contributed by atoms with Gasteiger partial charge in [0.15, 0.2) is 0 Å². The number of amides is 1. The first-order valence-corrected chi connectivity index (χ1v) is 7.69. The predicted octanol–water partition coefficient (Wildman–Crippen LogP) is 2.50. The highest BCUT2D eigenvalue weighted by Gasteiger charge is 2.38. The lowest BCUT2D eigenvalue weighted by molar-refractivity contribution is 0.0781. The number of carbonyl (C=O) groups is 1. The molecule has 0 aromatic heterocycles. The summed E-state index contributed by atoms with van der Waals surface area (Å²) in [6.07, 6.45) is 0. The van der Waals surface area contributed by atoms with E-state index in [-0.39, 0.29) is 5.91 Å². The van der Waals surface area contributed by atoms with Gasteiger partial charge in [0.25, 0.3) is 5.91 Å².